The Morgan fingerprint density at radius 1 is 0.742 bits per heavy atom. The monoisotopic (exact) mass is 423 g/mol. The lowest BCUT2D eigenvalue weighted by atomic mass is 10.0. The van der Waals surface area contributed by atoms with Gasteiger partial charge in [-0.3, -0.25) is 0 Å². The molecule has 2 aromatic carbocycles. The van der Waals surface area contributed by atoms with Gasteiger partial charge in [0.1, 0.15) is 5.69 Å². The molecule has 1 heterocycles. The molecule has 0 spiro atoms. The molecule has 0 amide bonds. The van der Waals surface area contributed by atoms with E-state index in [9.17, 15) is 4.79 Å². The van der Waals surface area contributed by atoms with Crippen LogP contribution in [0.25, 0.3) is 0 Å². The van der Waals surface area contributed by atoms with Gasteiger partial charge in [0, 0.05) is 6.20 Å². The topological polar surface area (TPSA) is 76.1 Å². The molecule has 0 bridgehead atoms. The first kappa shape index (κ1) is 22.0. The van der Waals surface area contributed by atoms with Crippen LogP contribution < -0.4 is 23.7 Å². The third-order valence-corrected chi connectivity index (χ3v) is 4.74. The normalized spacial score (nSPS) is 10.3. The molecule has 0 unspecified atom stereocenters. The summed E-state index contributed by atoms with van der Waals surface area (Å²) in [6, 6.07) is 14.5. The molecule has 0 radical (unpaired) electrons. The van der Waals surface area contributed by atoms with Crippen LogP contribution in [0.3, 0.4) is 0 Å². The molecule has 7 nitrogen and oxygen atoms in total. The van der Waals surface area contributed by atoms with Crippen LogP contribution in [0.4, 0.5) is 0 Å². The highest BCUT2D eigenvalue weighted by Gasteiger charge is 2.19. The average Bonchev–Trinajstić information content (AvgIpc) is 2.83. The smallest absolute Gasteiger partial charge is 0.362 e. The fraction of sp³-hybridized carbons (Fsp3) is 0.250. The van der Waals surface area contributed by atoms with E-state index in [0.29, 0.717) is 23.0 Å². The maximum Gasteiger partial charge on any atom is 0.362 e. The number of ether oxygens (including phenoxy) is 5. The molecule has 0 aliphatic rings. The Morgan fingerprint density at radius 2 is 1.35 bits per heavy atom. The van der Waals surface area contributed by atoms with E-state index in [1.54, 1.807) is 32.4 Å². The molecule has 0 aliphatic heterocycles. The van der Waals surface area contributed by atoms with E-state index in [4.69, 9.17) is 23.7 Å². The second kappa shape index (κ2) is 10.3. The molecular formula is C24H25NO6. The van der Waals surface area contributed by atoms with E-state index in [2.05, 4.69) is 4.98 Å². The average molecular weight is 423 g/mol. The fourth-order valence-electron chi connectivity index (χ4n) is 3.13. The number of rotatable bonds is 9. The fourth-order valence-corrected chi connectivity index (χ4v) is 3.13. The Balaban J connectivity index is 1.81. The summed E-state index contributed by atoms with van der Waals surface area (Å²) in [5, 5.41) is 0. The van der Waals surface area contributed by atoms with Gasteiger partial charge in [-0.05, 0) is 60.4 Å². The first-order valence-electron chi connectivity index (χ1n) is 9.68. The number of carbonyl (C=O) groups excluding carboxylic acids is 1. The lowest BCUT2D eigenvalue weighted by Crippen LogP contribution is -2.12. The van der Waals surface area contributed by atoms with E-state index >= 15 is 0 Å². The van der Waals surface area contributed by atoms with Gasteiger partial charge < -0.3 is 23.7 Å². The molecule has 1 aromatic heterocycles. The Hall–Kier alpha value is -3.74. The van der Waals surface area contributed by atoms with Crippen LogP contribution in [0, 0.1) is 0 Å². The summed E-state index contributed by atoms with van der Waals surface area (Å²) in [6.45, 7) is 0. The molecular weight excluding hydrogens is 398 g/mol. The van der Waals surface area contributed by atoms with Crippen molar-refractivity contribution in [3.63, 3.8) is 0 Å². The predicted octanol–water partition coefficient (Wildman–Crippen LogP) is 4.12. The summed E-state index contributed by atoms with van der Waals surface area (Å²) >= 11 is 0. The van der Waals surface area contributed by atoms with Gasteiger partial charge in [0.25, 0.3) is 0 Å². The highest BCUT2D eigenvalue weighted by Crippen LogP contribution is 2.39. The number of pyridine rings is 1. The zero-order valence-corrected chi connectivity index (χ0v) is 18.0. The van der Waals surface area contributed by atoms with Crippen LogP contribution in [0.5, 0.6) is 28.7 Å². The van der Waals surface area contributed by atoms with E-state index in [-0.39, 0.29) is 11.4 Å². The number of benzene rings is 2. The number of aromatic nitrogens is 1. The van der Waals surface area contributed by atoms with Gasteiger partial charge in [0.15, 0.2) is 23.0 Å². The number of nitrogens with zero attached hydrogens (tertiary/aromatic N) is 1. The Kier molecular flexibility index (Phi) is 7.32. The van der Waals surface area contributed by atoms with E-state index in [1.165, 1.54) is 20.4 Å². The van der Waals surface area contributed by atoms with Gasteiger partial charge in [-0.2, -0.15) is 0 Å². The molecule has 0 saturated heterocycles. The van der Waals surface area contributed by atoms with Crippen LogP contribution in [-0.4, -0.2) is 39.4 Å². The predicted molar refractivity (Wildman–Crippen MR) is 116 cm³/mol. The number of methoxy groups -OCH3 is 4. The molecule has 3 rings (SSSR count). The zero-order chi connectivity index (χ0) is 22.2. The van der Waals surface area contributed by atoms with Gasteiger partial charge >= 0.3 is 5.97 Å². The van der Waals surface area contributed by atoms with Crippen LogP contribution in [0.15, 0.2) is 54.7 Å². The van der Waals surface area contributed by atoms with Crippen molar-refractivity contribution < 1.29 is 28.5 Å². The molecule has 31 heavy (non-hydrogen) atoms. The zero-order valence-electron chi connectivity index (χ0n) is 18.0. The second-order valence-corrected chi connectivity index (χ2v) is 6.62. The number of hydrogen-bond acceptors (Lipinski definition) is 7. The standard InChI is InChI=1S/C24H25NO6/c1-27-19-11-10-16(13-20(19)28-2)8-9-17-14-21(29-3)23(22(15-17)30-4)31-24(26)18-7-5-6-12-25-18/h5-7,10-15H,8-9H2,1-4H3. The maximum atomic E-state index is 12.4. The van der Waals surface area contributed by atoms with Crippen molar-refractivity contribution in [1.82, 2.24) is 4.98 Å². The summed E-state index contributed by atoms with van der Waals surface area (Å²) in [6.07, 6.45) is 3.01. The minimum atomic E-state index is -0.588. The van der Waals surface area contributed by atoms with Crippen LogP contribution in [0.1, 0.15) is 21.6 Å². The number of carbonyl (C=O) groups is 1. The highest BCUT2D eigenvalue weighted by atomic mass is 16.6. The Bertz CT molecular complexity index is 1010. The van der Waals surface area contributed by atoms with E-state index in [1.807, 2.05) is 30.3 Å². The molecule has 0 atom stereocenters. The number of esters is 1. The van der Waals surface area contributed by atoms with Gasteiger partial charge in [-0.25, -0.2) is 9.78 Å². The SMILES string of the molecule is COc1ccc(CCc2cc(OC)c(OC(=O)c3ccccn3)c(OC)c2)cc1OC. The van der Waals surface area contributed by atoms with Crippen molar-refractivity contribution in [3.05, 3.63) is 71.5 Å². The molecule has 3 aromatic rings. The lowest BCUT2D eigenvalue weighted by Gasteiger charge is -2.15. The Labute approximate surface area is 181 Å². The summed E-state index contributed by atoms with van der Waals surface area (Å²) in [7, 11) is 6.26. The molecule has 0 fully saturated rings. The van der Waals surface area contributed by atoms with Crippen molar-refractivity contribution >= 4 is 5.97 Å². The lowest BCUT2D eigenvalue weighted by molar-refractivity contribution is 0.0718. The number of hydrogen-bond donors (Lipinski definition) is 0. The van der Waals surface area contributed by atoms with Crippen LogP contribution in [-0.2, 0) is 12.8 Å². The van der Waals surface area contributed by atoms with Gasteiger partial charge in [0.2, 0.25) is 5.75 Å². The van der Waals surface area contributed by atoms with Gasteiger partial charge in [0.05, 0.1) is 28.4 Å². The van der Waals surface area contributed by atoms with Crippen molar-refractivity contribution in [1.29, 1.82) is 0 Å². The Morgan fingerprint density at radius 3 is 1.94 bits per heavy atom. The van der Waals surface area contributed by atoms with E-state index in [0.717, 1.165) is 24.0 Å². The maximum absolute atomic E-state index is 12.4. The molecule has 7 heteroatoms. The second-order valence-electron chi connectivity index (χ2n) is 6.62. The first-order valence-corrected chi connectivity index (χ1v) is 9.68. The van der Waals surface area contributed by atoms with E-state index < -0.39 is 5.97 Å². The summed E-state index contributed by atoms with van der Waals surface area (Å²) in [4.78, 5) is 16.5. The van der Waals surface area contributed by atoms with Crippen molar-refractivity contribution in [2.75, 3.05) is 28.4 Å². The minimum Gasteiger partial charge on any atom is -0.493 e. The third-order valence-electron chi connectivity index (χ3n) is 4.74. The van der Waals surface area contributed by atoms with Crippen LogP contribution in [0.2, 0.25) is 0 Å². The van der Waals surface area contributed by atoms with Crippen LogP contribution >= 0.6 is 0 Å². The summed E-state index contributed by atoms with van der Waals surface area (Å²) in [5.74, 6) is 1.82. The van der Waals surface area contributed by atoms with Gasteiger partial charge in [-0.15, -0.1) is 0 Å². The van der Waals surface area contributed by atoms with Crippen molar-refractivity contribution in [2.24, 2.45) is 0 Å². The third kappa shape index (κ3) is 5.25. The quantitative estimate of drug-likeness (QED) is 0.378. The molecule has 0 N–H and O–H groups in total. The molecule has 162 valence electrons. The summed E-state index contributed by atoms with van der Waals surface area (Å²) < 4.78 is 27.1. The summed E-state index contributed by atoms with van der Waals surface area (Å²) in [5.41, 5.74) is 2.27. The van der Waals surface area contributed by atoms with Crippen molar-refractivity contribution in [2.45, 2.75) is 12.8 Å². The first-order chi connectivity index (χ1) is 15.1. The largest absolute Gasteiger partial charge is 0.493 e. The van der Waals surface area contributed by atoms with Gasteiger partial charge in [-0.1, -0.05) is 12.1 Å². The molecule has 0 aliphatic carbocycles. The highest BCUT2D eigenvalue weighted by molar-refractivity contribution is 5.89. The molecule has 0 saturated carbocycles. The van der Waals surface area contributed by atoms with Crippen molar-refractivity contribution in [3.8, 4) is 28.7 Å². The number of aryl methyl sites for hydroxylation is 2. The minimum absolute atomic E-state index is 0.198.